The van der Waals surface area contributed by atoms with Crippen LogP contribution in [0.25, 0.3) is 11.1 Å². The normalized spacial score (nSPS) is 19.0. The predicted octanol–water partition coefficient (Wildman–Crippen LogP) is 9.66. The smallest absolute Gasteiger partial charge is 0.410 e. The first-order valence-electron chi connectivity index (χ1n) is 35.5. The van der Waals surface area contributed by atoms with Gasteiger partial charge < -0.3 is 85.3 Å². The van der Waals surface area contributed by atoms with E-state index in [0.29, 0.717) is 6.42 Å². The van der Waals surface area contributed by atoms with Crippen LogP contribution >= 0.6 is 23.2 Å². The molecule has 0 aromatic heterocycles. The number of amides is 10. The van der Waals surface area contributed by atoms with Crippen LogP contribution in [0.5, 0.6) is 46.0 Å². The molecule has 11 bridgehead atoms. The number of halogens is 2. The Morgan fingerprint density at radius 1 is 0.609 bits per heavy atom. The van der Waals surface area contributed by atoms with Crippen LogP contribution in [0.2, 0.25) is 10.0 Å². The Balaban J connectivity index is 1.39. The van der Waals surface area contributed by atoms with Gasteiger partial charge in [0.15, 0.2) is 17.5 Å². The molecule has 29 nitrogen and oxygen atoms in total. The van der Waals surface area contributed by atoms with E-state index in [2.05, 4.69) is 82.4 Å². The lowest BCUT2D eigenvalue weighted by molar-refractivity contribution is -0.147. The SMILES string of the molecule is C=CCOC(=O)C1NC(=O)[C@H]2NC(=O)[C@H](NC(=O)C3NC(=O)C(CC(=O)NC(=O)NCCCCCCCC)NC(=O)C(NC(=O)C(CC(C)C)N(C)C(=O)OCC=C)[C@H](O)c4ccc(c(Cl)c4)Oc4cc3cc(c4OC)Oc3ccc(cc3Cl)[C@H]2O)c2ccc(OCC=C)c(c2)-c2c(OCC=C)cc(OCC=C)cc21. The third-order valence-corrected chi connectivity index (χ3v) is 18.2. The topological polar surface area (TPSA) is 384 Å². The number of hydrogen-bond donors (Lipinski definition) is 10. The molecule has 0 saturated heterocycles. The summed E-state index contributed by atoms with van der Waals surface area (Å²) in [7, 11) is 2.51. The van der Waals surface area contributed by atoms with Gasteiger partial charge in [0.2, 0.25) is 47.1 Å². The minimum Gasteiger partial charge on any atom is -0.490 e. The molecule has 5 heterocycles. The van der Waals surface area contributed by atoms with Crippen LogP contribution in [0.15, 0.2) is 142 Å². The van der Waals surface area contributed by atoms with Gasteiger partial charge in [-0.2, -0.15) is 0 Å². The Bertz CT molecular complexity index is 4300. The summed E-state index contributed by atoms with van der Waals surface area (Å²) >= 11 is 14.1. The van der Waals surface area contributed by atoms with E-state index in [1.165, 1.54) is 123 Å². The second-order valence-electron chi connectivity index (χ2n) is 26.1. The van der Waals surface area contributed by atoms with Gasteiger partial charge in [-0.1, -0.05) is 158 Å². The number of rotatable bonds is 29. The van der Waals surface area contributed by atoms with E-state index in [0.717, 1.165) is 37.0 Å². The quantitative estimate of drug-likeness (QED) is 0.0121. The Morgan fingerprint density at radius 2 is 1.18 bits per heavy atom. The van der Waals surface area contributed by atoms with Crippen LogP contribution in [-0.2, 0) is 47.8 Å². The third kappa shape index (κ3) is 21.5. The van der Waals surface area contributed by atoms with Crippen molar-refractivity contribution in [1.29, 1.82) is 0 Å². The lowest BCUT2D eigenvalue weighted by Gasteiger charge is -2.32. The van der Waals surface area contributed by atoms with Crippen molar-refractivity contribution in [3.05, 3.63) is 180 Å². The Morgan fingerprint density at radius 3 is 1.80 bits per heavy atom. The highest BCUT2D eigenvalue weighted by Crippen LogP contribution is 2.49. The fraction of sp³-hybridized carbons (Fsp3) is 0.367. The number of benzene rings is 5. The zero-order valence-electron chi connectivity index (χ0n) is 61.5. The van der Waals surface area contributed by atoms with Crippen LogP contribution in [0, 0.1) is 5.92 Å². The number of esters is 1. The van der Waals surface area contributed by atoms with Gasteiger partial charge in [-0.05, 0) is 95.6 Å². The molecule has 9 atom stereocenters. The summed E-state index contributed by atoms with van der Waals surface area (Å²) in [4.78, 5) is 151. The average molecular weight is 1560 g/mol. The molecule has 31 heteroatoms. The van der Waals surface area contributed by atoms with Crippen molar-refractivity contribution in [3.8, 4) is 57.1 Å². The van der Waals surface area contributed by atoms with Gasteiger partial charge in [-0.25, -0.2) is 14.4 Å². The van der Waals surface area contributed by atoms with E-state index in [9.17, 15) is 34.2 Å². The molecule has 586 valence electrons. The largest absolute Gasteiger partial charge is 0.490 e. The monoisotopic (exact) mass is 1560 g/mol. The number of nitrogens with zero attached hydrogens (tertiary/aromatic N) is 1. The van der Waals surface area contributed by atoms with Gasteiger partial charge >= 0.3 is 18.1 Å². The number of likely N-dealkylation sites (N-methyl/N-ethyl adjacent to an activating group) is 1. The van der Waals surface area contributed by atoms with Crippen LogP contribution in [-0.4, -0.2) is 152 Å². The summed E-state index contributed by atoms with van der Waals surface area (Å²) in [6.07, 6.45) is 5.83. The molecule has 0 saturated carbocycles. The van der Waals surface area contributed by atoms with Gasteiger partial charge in [0.1, 0.15) is 110 Å². The molecule has 0 spiro atoms. The second-order valence-corrected chi connectivity index (χ2v) is 27.0. The summed E-state index contributed by atoms with van der Waals surface area (Å²) in [5.74, 6) is -11.2. The minimum atomic E-state index is -2.20. The summed E-state index contributed by atoms with van der Waals surface area (Å²) in [6, 6.07) is 2.12. The number of carbonyl (C=O) groups excluding carboxylic acids is 10. The highest BCUT2D eigenvalue weighted by molar-refractivity contribution is 6.32. The fourth-order valence-electron chi connectivity index (χ4n) is 12.2. The Labute approximate surface area is 646 Å². The molecular formula is C79H91Cl2N9O20. The number of urea groups is 1. The Kier molecular flexibility index (Phi) is 30.7. The summed E-state index contributed by atoms with van der Waals surface area (Å²) in [5.41, 5.74) is -0.689. The number of aliphatic hydroxyl groups is 2. The van der Waals surface area contributed by atoms with Crippen LogP contribution < -0.4 is 71.0 Å². The van der Waals surface area contributed by atoms with Gasteiger partial charge in [0.05, 0.1) is 23.6 Å². The molecule has 0 fully saturated rings. The molecule has 10 amide bonds. The molecule has 0 radical (unpaired) electrons. The van der Waals surface area contributed by atoms with E-state index in [1.54, 1.807) is 13.8 Å². The van der Waals surface area contributed by atoms with Crippen molar-refractivity contribution in [3.63, 3.8) is 0 Å². The number of unbranched alkanes of at least 4 members (excludes halogenated alkanes) is 5. The first-order chi connectivity index (χ1) is 52.8. The maximum atomic E-state index is 16.3. The zero-order valence-corrected chi connectivity index (χ0v) is 63.1. The van der Waals surface area contributed by atoms with Crippen molar-refractivity contribution in [2.45, 2.75) is 127 Å². The van der Waals surface area contributed by atoms with E-state index in [1.807, 2.05) is 0 Å². The third-order valence-electron chi connectivity index (χ3n) is 17.6. The minimum absolute atomic E-state index is 0.0125. The number of methoxy groups -OCH3 is 1. The zero-order chi connectivity index (χ0) is 79.9. The molecule has 0 aliphatic carbocycles. The van der Waals surface area contributed by atoms with Gasteiger partial charge in [0.25, 0.3) is 0 Å². The molecule has 5 aliphatic rings. The predicted molar refractivity (Wildman–Crippen MR) is 407 cm³/mol. The van der Waals surface area contributed by atoms with Crippen molar-refractivity contribution < 1.29 is 96.1 Å². The summed E-state index contributed by atoms with van der Waals surface area (Å²) in [6.45, 7) is 23.4. The van der Waals surface area contributed by atoms with E-state index in [4.69, 9.17) is 61.1 Å². The van der Waals surface area contributed by atoms with Crippen LogP contribution in [0.3, 0.4) is 0 Å². The highest BCUT2D eigenvalue weighted by atomic mass is 35.5. The summed E-state index contributed by atoms with van der Waals surface area (Å²) in [5, 5.41) is 45.0. The van der Waals surface area contributed by atoms with Gasteiger partial charge in [0, 0.05) is 36.3 Å². The van der Waals surface area contributed by atoms with E-state index >= 15 is 24.0 Å². The van der Waals surface area contributed by atoms with Gasteiger partial charge in [-0.3, -0.25) is 43.8 Å². The number of fused-ring (bicyclic) bond motifs is 15. The molecule has 5 aromatic carbocycles. The first-order valence-corrected chi connectivity index (χ1v) is 36.3. The van der Waals surface area contributed by atoms with Crippen molar-refractivity contribution in [2.24, 2.45) is 5.92 Å². The fourth-order valence-corrected chi connectivity index (χ4v) is 12.7. The van der Waals surface area contributed by atoms with Crippen molar-refractivity contribution >= 4 is 82.6 Å². The summed E-state index contributed by atoms with van der Waals surface area (Å²) < 4.78 is 48.7. The van der Waals surface area contributed by atoms with Gasteiger partial charge in [-0.15, -0.1) is 0 Å². The molecule has 5 aliphatic heterocycles. The molecule has 10 rings (SSSR count). The number of ether oxygens (including phenoxy) is 8. The van der Waals surface area contributed by atoms with Crippen molar-refractivity contribution in [1.82, 2.24) is 47.4 Å². The van der Waals surface area contributed by atoms with E-state index < -0.39 is 120 Å². The van der Waals surface area contributed by atoms with Crippen LogP contribution in [0.1, 0.15) is 130 Å². The molecule has 5 unspecified atom stereocenters. The molecule has 110 heavy (non-hydrogen) atoms. The lowest BCUT2D eigenvalue weighted by atomic mass is 9.89. The van der Waals surface area contributed by atoms with Crippen molar-refractivity contribution in [2.75, 3.05) is 53.7 Å². The molecule has 5 aromatic rings. The second kappa shape index (κ2) is 40.2. The number of nitrogens with one attached hydrogen (secondary N) is 8. The number of aliphatic hydroxyl groups excluding tert-OH is 2. The standard InChI is InChI=1S/C79H91Cl2N9O20/c1-11-17-18-19-20-21-28-82-78(101)84-61(91)42-53-71(94)85-64-47-38-59(109-56-26-23-45(36-51(56)80)68(92)66(75(98)83-53)88-72(95)54(34-43(7)8)90(9)79(102)108-33-16-6)70(103-10)60(39-47)110-57-27-24-46(37-52(57)81)69(93)67-76(99)87-65(77(100)107-32-15-5)50-40-48(104-29-12-2)41-58(106-31-14-4)62(50)49-35-44(22-25-55(49)105-30-13-3)63(73(96)89-67)86-74(64)97/h12-16,22-27,35-41,43,53-54,63-69,92-93H,2-6,11,17-21,28-34,42H2,1,7-10H3,(H,83,98)(H,85,94)(H,86,97)(H,87,99)(H,88,95)(H,89,96)(H2,82,84,91,101)/t53?,54?,63-,64?,65?,66?,67+,68-,69-/m1/s1. The van der Waals surface area contributed by atoms with Crippen LogP contribution in [0.4, 0.5) is 9.59 Å². The molecule has 10 N–H and O–H groups in total. The first kappa shape index (κ1) is 84.2. The van der Waals surface area contributed by atoms with E-state index in [-0.39, 0.29) is 147 Å². The maximum Gasteiger partial charge on any atom is 0.410 e. The number of imide groups is 1. The number of carbonyl (C=O) groups is 10. The highest BCUT2D eigenvalue weighted by Gasteiger charge is 2.43. The lowest BCUT2D eigenvalue weighted by Crippen LogP contribution is -2.60. The molecular weight excluding hydrogens is 1470 g/mol. The Hall–Kier alpha value is -11.4. The average Bonchev–Trinajstić information content (AvgIpc) is 0.760. The maximum absolute atomic E-state index is 16.3. The number of hydrogen-bond acceptors (Lipinski definition) is 20.